The molecule has 0 aliphatic heterocycles. The van der Waals surface area contributed by atoms with Crippen molar-refractivity contribution < 1.29 is 4.79 Å². The number of carbonyl (C=O) groups excluding carboxylic acids is 1. The molecule has 2 N–H and O–H groups in total. The quantitative estimate of drug-likeness (QED) is 0.794. The number of rotatable bonds is 8. The van der Waals surface area contributed by atoms with Gasteiger partial charge in [-0.25, -0.2) is 0 Å². The van der Waals surface area contributed by atoms with Crippen molar-refractivity contribution in [3.05, 3.63) is 29.6 Å². The molecule has 0 aromatic carbocycles. The zero-order chi connectivity index (χ0) is 14.1. The zero-order valence-electron chi connectivity index (χ0n) is 11.9. The van der Waals surface area contributed by atoms with Crippen molar-refractivity contribution in [2.24, 2.45) is 11.7 Å². The van der Waals surface area contributed by atoms with Crippen molar-refractivity contribution in [2.75, 3.05) is 12.3 Å². The first-order chi connectivity index (χ1) is 9.17. The minimum atomic E-state index is 0.0614. The van der Waals surface area contributed by atoms with Gasteiger partial charge in [-0.3, -0.25) is 9.78 Å². The first kappa shape index (κ1) is 16.2. The highest BCUT2D eigenvalue weighted by molar-refractivity contribution is 8.14. The maximum Gasteiger partial charge on any atom is 0.237 e. The lowest BCUT2D eigenvalue weighted by Crippen LogP contribution is -2.11. The van der Waals surface area contributed by atoms with Gasteiger partial charge in [-0.1, -0.05) is 38.1 Å². The Morgan fingerprint density at radius 2 is 2.26 bits per heavy atom. The van der Waals surface area contributed by atoms with Crippen LogP contribution in [0.3, 0.4) is 0 Å². The van der Waals surface area contributed by atoms with Crippen LogP contribution < -0.4 is 5.73 Å². The molecule has 0 saturated carbocycles. The molecule has 0 saturated heterocycles. The number of aromatic nitrogens is 1. The van der Waals surface area contributed by atoms with E-state index in [-0.39, 0.29) is 5.12 Å². The van der Waals surface area contributed by atoms with E-state index in [4.69, 9.17) is 5.73 Å². The average molecular weight is 280 g/mol. The first-order valence-electron chi connectivity index (χ1n) is 6.99. The summed E-state index contributed by atoms with van der Waals surface area (Å²) in [5.41, 5.74) is 7.32. The molecule has 0 amide bonds. The summed E-state index contributed by atoms with van der Waals surface area (Å²) in [7, 11) is 0. The van der Waals surface area contributed by atoms with Gasteiger partial charge in [-0.15, -0.1) is 0 Å². The molecule has 106 valence electrons. The molecule has 0 radical (unpaired) electrons. The van der Waals surface area contributed by atoms with Gasteiger partial charge in [0.25, 0.3) is 0 Å². The zero-order valence-corrected chi connectivity index (χ0v) is 12.7. The van der Waals surface area contributed by atoms with E-state index in [1.165, 1.54) is 30.2 Å². The maximum atomic E-state index is 11.9. The van der Waals surface area contributed by atoms with Gasteiger partial charge in [0.2, 0.25) is 5.12 Å². The topological polar surface area (TPSA) is 56.0 Å². The number of pyridine rings is 1. The second-order valence-corrected chi connectivity index (χ2v) is 5.99. The summed E-state index contributed by atoms with van der Waals surface area (Å²) in [4.78, 5) is 16.2. The van der Waals surface area contributed by atoms with Crippen LogP contribution in [0.15, 0.2) is 18.3 Å². The van der Waals surface area contributed by atoms with E-state index in [1.54, 1.807) is 0 Å². The number of hydrogen-bond acceptors (Lipinski definition) is 4. The van der Waals surface area contributed by atoms with Crippen molar-refractivity contribution >= 4 is 16.9 Å². The number of thioether (sulfide) groups is 1. The molecule has 1 heterocycles. The second-order valence-electron chi connectivity index (χ2n) is 4.92. The number of carbonyl (C=O) groups is 1. The lowest BCUT2D eigenvalue weighted by Gasteiger charge is -2.06. The minimum absolute atomic E-state index is 0.0614. The summed E-state index contributed by atoms with van der Waals surface area (Å²) in [6, 6.07) is 3.85. The molecule has 1 aromatic heterocycles. The van der Waals surface area contributed by atoms with Crippen LogP contribution in [-0.2, 0) is 6.42 Å². The molecule has 0 fully saturated rings. The Morgan fingerprint density at radius 3 is 2.84 bits per heavy atom. The van der Waals surface area contributed by atoms with Crippen molar-refractivity contribution in [3.8, 4) is 0 Å². The molecular formula is C15H24N2OS. The van der Waals surface area contributed by atoms with Crippen LogP contribution in [0.25, 0.3) is 0 Å². The molecule has 0 spiro atoms. The number of unbranched alkanes of at least 4 members (excludes halogenated alkanes) is 1. The van der Waals surface area contributed by atoms with E-state index in [9.17, 15) is 4.79 Å². The Hall–Kier alpha value is -0.870. The molecule has 0 bridgehead atoms. The van der Waals surface area contributed by atoms with Crippen molar-refractivity contribution in [2.45, 2.75) is 39.5 Å². The van der Waals surface area contributed by atoms with Gasteiger partial charge in [-0.05, 0) is 43.4 Å². The minimum Gasteiger partial charge on any atom is -0.330 e. The van der Waals surface area contributed by atoms with Gasteiger partial charge in [0, 0.05) is 11.9 Å². The largest absolute Gasteiger partial charge is 0.330 e. The van der Waals surface area contributed by atoms with E-state index < -0.39 is 0 Å². The van der Waals surface area contributed by atoms with Crippen LogP contribution in [0.5, 0.6) is 0 Å². The smallest absolute Gasteiger partial charge is 0.237 e. The predicted molar refractivity (Wildman–Crippen MR) is 82.5 cm³/mol. The Labute approximate surface area is 120 Å². The van der Waals surface area contributed by atoms with Crippen molar-refractivity contribution in [1.82, 2.24) is 4.98 Å². The highest BCUT2D eigenvalue weighted by Crippen LogP contribution is 2.15. The lowest BCUT2D eigenvalue weighted by atomic mass is 10.1. The van der Waals surface area contributed by atoms with Crippen molar-refractivity contribution in [1.29, 1.82) is 0 Å². The maximum absolute atomic E-state index is 11.9. The normalized spacial score (nSPS) is 12.4. The van der Waals surface area contributed by atoms with Crippen LogP contribution in [0.4, 0.5) is 0 Å². The molecule has 0 aliphatic rings. The highest BCUT2D eigenvalue weighted by Gasteiger charge is 2.09. The molecule has 1 aromatic rings. The Balaban J connectivity index is 2.40. The van der Waals surface area contributed by atoms with Crippen LogP contribution in [0.1, 0.15) is 49.2 Å². The van der Waals surface area contributed by atoms with E-state index in [2.05, 4.69) is 18.8 Å². The molecule has 0 aliphatic carbocycles. The van der Waals surface area contributed by atoms with Gasteiger partial charge in [0.05, 0.1) is 0 Å². The number of nitrogens with zero attached hydrogens (tertiary/aromatic N) is 1. The van der Waals surface area contributed by atoms with Gasteiger partial charge >= 0.3 is 0 Å². The first-order valence-corrected chi connectivity index (χ1v) is 7.98. The van der Waals surface area contributed by atoms with Gasteiger partial charge in [0.1, 0.15) is 5.69 Å². The Morgan fingerprint density at radius 1 is 1.47 bits per heavy atom. The van der Waals surface area contributed by atoms with Gasteiger partial charge in [0.15, 0.2) is 0 Å². The molecule has 1 unspecified atom stereocenters. The highest BCUT2D eigenvalue weighted by atomic mass is 32.2. The van der Waals surface area contributed by atoms with Gasteiger partial charge < -0.3 is 5.73 Å². The van der Waals surface area contributed by atoms with E-state index in [0.717, 1.165) is 18.6 Å². The van der Waals surface area contributed by atoms with E-state index >= 15 is 0 Å². The fourth-order valence-electron chi connectivity index (χ4n) is 1.62. The molecular weight excluding hydrogens is 256 g/mol. The fourth-order valence-corrected chi connectivity index (χ4v) is 2.59. The van der Waals surface area contributed by atoms with E-state index in [0.29, 0.717) is 18.2 Å². The third-order valence-electron chi connectivity index (χ3n) is 3.10. The predicted octanol–water partition coefficient (Wildman–Crippen LogP) is 3.28. The molecule has 19 heavy (non-hydrogen) atoms. The third kappa shape index (κ3) is 6.21. The third-order valence-corrected chi connectivity index (χ3v) is 4.01. The monoisotopic (exact) mass is 280 g/mol. The lowest BCUT2D eigenvalue weighted by molar-refractivity contribution is 0.108. The van der Waals surface area contributed by atoms with Crippen LogP contribution in [0, 0.1) is 5.92 Å². The summed E-state index contributed by atoms with van der Waals surface area (Å²) in [5, 5.41) is 0.0614. The Bertz CT molecular complexity index is 378. The van der Waals surface area contributed by atoms with Crippen LogP contribution in [-0.4, -0.2) is 22.4 Å². The van der Waals surface area contributed by atoms with Crippen LogP contribution >= 0.6 is 11.8 Å². The molecule has 1 atom stereocenters. The van der Waals surface area contributed by atoms with E-state index in [1.807, 2.05) is 18.3 Å². The molecule has 1 rings (SSSR count). The van der Waals surface area contributed by atoms with Crippen molar-refractivity contribution in [3.63, 3.8) is 0 Å². The number of hydrogen-bond donors (Lipinski definition) is 1. The number of nitrogens with two attached hydrogens (primary N) is 1. The summed E-state index contributed by atoms with van der Waals surface area (Å²) < 4.78 is 0. The standard InChI is InChI=1S/C15H24N2OS/c1-3-4-5-13-6-7-14(17-11-13)15(18)19-9-8-12(2)10-16/h6-7,11-12H,3-5,8-10,16H2,1-2H3. The summed E-state index contributed by atoms with van der Waals surface area (Å²) in [5.74, 6) is 1.29. The van der Waals surface area contributed by atoms with Gasteiger partial charge in [-0.2, -0.15) is 0 Å². The fraction of sp³-hybridized carbons (Fsp3) is 0.600. The SMILES string of the molecule is CCCCc1ccc(C(=O)SCCC(C)CN)nc1. The summed E-state index contributed by atoms with van der Waals surface area (Å²) in [6.45, 7) is 4.95. The molecule has 3 nitrogen and oxygen atoms in total. The average Bonchev–Trinajstić information content (AvgIpc) is 2.45. The summed E-state index contributed by atoms with van der Waals surface area (Å²) in [6.07, 6.45) is 6.18. The Kier molecular flexibility index (Phi) is 7.75. The molecule has 4 heteroatoms. The van der Waals surface area contributed by atoms with Crippen LogP contribution in [0.2, 0.25) is 0 Å². The summed E-state index contributed by atoms with van der Waals surface area (Å²) >= 11 is 1.34. The second kappa shape index (κ2) is 9.10. The number of aryl methyl sites for hydroxylation is 1.